The molecule has 0 radical (unpaired) electrons. The lowest BCUT2D eigenvalue weighted by Crippen LogP contribution is -2.15. The number of unbranched alkanes of at least 4 members (excludes halogenated alkanes) is 3. The van der Waals surface area contributed by atoms with E-state index in [1.54, 1.807) is 0 Å². The van der Waals surface area contributed by atoms with Gasteiger partial charge in [-0.15, -0.1) is 11.6 Å². The lowest BCUT2D eigenvalue weighted by molar-refractivity contribution is 0.183. The molecule has 0 saturated carbocycles. The molecule has 0 aliphatic carbocycles. The van der Waals surface area contributed by atoms with E-state index >= 15 is 0 Å². The van der Waals surface area contributed by atoms with Gasteiger partial charge in [0.25, 0.3) is 0 Å². The second kappa shape index (κ2) is 12.1. The topological polar surface area (TPSA) is 18.5 Å². The number of hydrogen-bond donors (Lipinski definition) is 0. The minimum Gasteiger partial charge on any atom is -0.493 e. The second-order valence-electron chi connectivity index (χ2n) is 7.17. The van der Waals surface area contributed by atoms with Gasteiger partial charge in [0.2, 0.25) is 0 Å². The van der Waals surface area contributed by atoms with Crippen LogP contribution in [0.4, 0.5) is 0 Å². The van der Waals surface area contributed by atoms with Crippen LogP contribution in [0.1, 0.15) is 71.3 Å². The van der Waals surface area contributed by atoms with Gasteiger partial charge in [0.1, 0.15) is 11.5 Å². The third-order valence-corrected chi connectivity index (χ3v) is 5.35. The molecule has 2 rings (SSSR count). The Hall–Kier alpha value is -1.41. The molecule has 0 N–H and O–H groups in total. The molecule has 1 unspecified atom stereocenters. The van der Waals surface area contributed by atoms with E-state index in [1.165, 1.54) is 35.6 Å². The molecule has 0 aliphatic rings. The highest BCUT2D eigenvalue weighted by Crippen LogP contribution is 2.32. The molecule has 2 nitrogen and oxygen atoms in total. The van der Waals surface area contributed by atoms with Crippen LogP contribution in [0.15, 0.2) is 30.3 Å². The third kappa shape index (κ3) is 6.60. The van der Waals surface area contributed by atoms with Crippen LogP contribution in [0, 0.1) is 0 Å². The molecule has 27 heavy (non-hydrogen) atoms. The van der Waals surface area contributed by atoms with Gasteiger partial charge in [-0.25, -0.2) is 0 Å². The maximum Gasteiger partial charge on any atom is 0.123 e. The van der Waals surface area contributed by atoms with Crippen molar-refractivity contribution in [2.45, 2.75) is 78.2 Å². The molecule has 3 heteroatoms. The lowest BCUT2D eigenvalue weighted by atomic mass is 10.0. The summed E-state index contributed by atoms with van der Waals surface area (Å²) in [6.07, 6.45) is 9.22. The van der Waals surface area contributed by atoms with Crippen LogP contribution in [-0.2, 0) is 6.42 Å². The SMILES string of the molecule is CCCCCC(CC)Oc1ccc2c(CC)c(OCCCCCl)ccc2c1. The maximum atomic E-state index is 6.27. The highest BCUT2D eigenvalue weighted by Gasteiger charge is 2.11. The first-order chi connectivity index (χ1) is 13.2. The summed E-state index contributed by atoms with van der Waals surface area (Å²) >= 11 is 5.75. The first kappa shape index (κ1) is 21.9. The minimum absolute atomic E-state index is 0.309. The number of hydrogen-bond acceptors (Lipinski definition) is 2. The van der Waals surface area contributed by atoms with Crippen LogP contribution in [0.25, 0.3) is 10.8 Å². The van der Waals surface area contributed by atoms with Crippen molar-refractivity contribution in [3.63, 3.8) is 0 Å². The summed E-state index contributed by atoms with van der Waals surface area (Å²) in [5.74, 6) is 2.67. The summed E-state index contributed by atoms with van der Waals surface area (Å²) in [5.41, 5.74) is 1.28. The van der Waals surface area contributed by atoms with Crippen molar-refractivity contribution in [2.75, 3.05) is 12.5 Å². The van der Waals surface area contributed by atoms with E-state index in [0.717, 1.165) is 50.2 Å². The Bertz CT molecular complexity index is 683. The summed E-state index contributed by atoms with van der Waals surface area (Å²) in [5, 5.41) is 2.49. The molecule has 2 aromatic carbocycles. The van der Waals surface area contributed by atoms with Gasteiger partial charge in [0.05, 0.1) is 12.7 Å². The Morgan fingerprint density at radius 3 is 2.52 bits per heavy atom. The molecule has 0 heterocycles. The summed E-state index contributed by atoms with van der Waals surface area (Å²) in [6, 6.07) is 10.7. The fraction of sp³-hybridized carbons (Fsp3) is 0.583. The van der Waals surface area contributed by atoms with Crippen LogP contribution in [-0.4, -0.2) is 18.6 Å². The van der Waals surface area contributed by atoms with E-state index in [0.29, 0.717) is 12.0 Å². The van der Waals surface area contributed by atoms with Gasteiger partial charge in [-0.3, -0.25) is 0 Å². The predicted octanol–water partition coefficient (Wildman–Crippen LogP) is 7.54. The Morgan fingerprint density at radius 1 is 0.963 bits per heavy atom. The summed E-state index contributed by atoms with van der Waals surface area (Å²) in [7, 11) is 0. The van der Waals surface area contributed by atoms with E-state index in [1.807, 2.05) is 0 Å². The fourth-order valence-electron chi connectivity index (χ4n) is 3.47. The average molecular weight is 391 g/mol. The number of benzene rings is 2. The molecule has 0 fully saturated rings. The molecule has 0 aliphatic heterocycles. The van der Waals surface area contributed by atoms with Crippen molar-refractivity contribution in [1.29, 1.82) is 0 Å². The number of halogens is 1. The van der Waals surface area contributed by atoms with Crippen molar-refractivity contribution < 1.29 is 9.47 Å². The molecule has 0 spiro atoms. The molecule has 0 amide bonds. The second-order valence-corrected chi connectivity index (χ2v) is 7.55. The molecule has 150 valence electrons. The van der Waals surface area contributed by atoms with Crippen LogP contribution in [0.2, 0.25) is 0 Å². The van der Waals surface area contributed by atoms with Crippen molar-refractivity contribution in [1.82, 2.24) is 0 Å². The van der Waals surface area contributed by atoms with E-state index < -0.39 is 0 Å². The van der Waals surface area contributed by atoms with Gasteiger partial charge in [0.15, 0.2) is 0 Å². The van der Waals surface area contributed by atoms with Gasteiger partial charge in [-0.05, 0) is 67.5 Å². The molecule has 1 atom stereocenters. The van der Waals surface area contributed by atoms with Crippen LogP contribution in [0.3, 0.4) is 0 Å². The summed E-state index contributed by atoms with van der Waals surface area (Å²) < 4.78 is 12.3. The smallest absolute Gasteiger partial charge is 0.123 e. The van der Waals surface area contributed by atoms with Crippen molar-refractivity contribution in [2.24, 2.45) is 0 Å². The van der Waals surface area contributed by atoms with E-state index in [2.05, 4.69) is 51.1 Å². The largest absolute Gasteiger partial charge is 0.493 e. The van der Waals surface area contributed by atoms with Gasteiger partial charge in [-0.2, -0.15) is 0 Å². The van der Waals surface area contributed by atoms with Crippen LogP contribution >= 0.6 is 11.6 Å². The number of aryl methyl sites for hydroxylation is 1. The van der Waals surface area contributed by atoms with Crippen LogP contribution < -0.4 is 9.47 Å². The van der Waals surface area contributed by atoms with Crippen LogP contribution in [0.5, 0.6) is 11.5 Å². The average Bonchev–Trinajstić information content (AvgIpc) is 2.70. The maximum absolute atomic E-state index is 6.27. The Kier molecular flexibility index (Phi) is 9.83. The van der Waals surface area contributed by atoms with E-state index in [9.17, 15) is 0 Å². The molecule has 0 saturated heterocycles. The normalized spacial score (nSPS) is 12.3. The highest BCUT2D eigenvalue weighted by atomic mass is 35.5. The molecular weight excluding hydrogens is 356 g/mol. The highest BCUT2D eigenvalue weighted by molar-refractivity contribution is 6.17. The summed E-state index contributed by atoms with van der Waals surface area (Å²) in [6.45, 7) is 7.36. The zero-order valence-corrected chi connectivity index (χ0v) is 18.0. The van der Waals surface area contributed by atoms with E-state index in [-0.39, 0.29) is 0 Å². The first-order valence-corrected chi connectivity index (χ1v) is 11.2. The lowest BCUT2D eigenvalue weighted by Gasteiger charge is -2.19. The van der Waals surface area contributed by atoms with Gasteiger partial charge >= 0.3 is 0 Å². The van der Waals surface area contributed by atoms with Crippen molar-refractivity contribution >= 4 is 22.4 Å². The zero-order chi connectivity index (χ0) is 19.5. The Morgan fingerprint density at radius 2 is 1.81 bits per heavy atom. The predicted molar refractivity (Wildman–Crippen MR) is 118 cm³/mol. The molecule has 0 aromatic heterocycles. The number of alkyl halides is 1. The first-order valence-electron chi connectivity index (χ1n) is 10.6. The number of ether oxygens (including phenoxy) is 2. The fourth-order valence-corrected chi connectivity index (χ4v) is 3.65. The number of fused-ring (bicyclic) bond motifs is 1. The number of rotatable bonds is 13. The third-order valence-electron chi connectivity index (χ3n) is 5.09. The van der Waals surface area contributed by atoms with Gasteiger partial charge < -0.3 is 9.47 Å². The molecule has 0 bridgehead atoms. The quantitative estimate of drug-likeness (QED) is 0.260. The standard InChI is InChI=1S/C24H35ClO2/c1-4-7-8-11-20(5-2)27-21-13-14-23-19(18-21)12-15-24(22(23)6-3)26-17-10-9-16-25/h12-15,18,20H,4-11,16-17H2,1-3H3. The van der Waals surface area contributed by atoms with Gasteiger partial charge in [-0.1, -0.05) is 45.7 Å². The van der Waals surface area contributed by atoms with Crippen molar-refractivity contribution in [3.8, 4) is 11.5 Å². The van der Waals surface area contributed by atoms with Crippen molar-refractivity contribution in [3.05, 3.63) is 35.9 Å². The molecular formula is C24H35ClO2. The zero-order valence-electron chi connectivity index (χ0n) is 17.2. The Labute approximate surface area is 170 Å². The summed E-state index contributed by atoms with van der Waals surface area (Å²) in [4.78, 5) is 0. The molecule has 2 aromatic rings. The monoisotopic (exact) mass is 390 g/mol. The Balaban J connectivity index is 2.12. The van der Waals surface area contributed by atoms with E-state index in [4.69, 9.17) is 21.1 Å². The minimum atomic E-state index is 0.309. The van der Waals surface area contributed by atoms with Gasteiger partial charge in [0, 0.05) is 11.4 Å².